The van der Waals surface area contributed by atoms with Crippen molar-refractivity contribution in [1.29, 1.82) is 0 Å². The van der Waals surface area contributed by atoms with Crippen molar-refractivity contribution in [3.8, 4) is 0 Å². The van der Waals surface area contributed by atoms with E-state index in [0.717, 1.165) is 32.7 Å². The quantitative estimate of drug-likeness (QED) is 0.227. The Kier molecular flexibility index (Phi) is 7.12. The number of pyridine rings is 1. The molecule has 0 aliphatic carbocycles. The predicted molar refractivity (Wildman–Crippen MR) is 134 cm³/mol. The van der Waals surface area contributed by atoms with Crippen LogP contribution in [0.25, 0.3) is 10.9 Å². The number of hydrogen-bond donors (Lipinski definition) is 2. The van der Waals surface area contributed by atoms with Gasteiger partial charge in [0, 0.05) is 40.4 Å². The van der Waals surface area contributed by atoms with E-state index < -0.39 is 0 Å². The molecule has 0 unspecified atom stereocenters. The van der Waals surface area contributed by atoms with Gasteiger partial charge >= 0.3 is 0 Å². The molecule has 7 heteroatoms. The molecule has 0 bridgehead atoms. The minimum Gasteiger partial charge on any atom is -0.326 e. The highest BCUT2D eigenvalue weighted by Gasteiger charge is 2.06. The molecule has 0 atom stereocenters. The van der Waals surface area contributed by atoms with Crippen LogP contribution in [0.3, 0.4) is 0 Å². The first-order chi connectivity index (χ1) is 16.1. The van der Waals surface area contributed by atoms with Crippen LogP contribution in [0.15, 0.2) is 95.1 Å². The number of para-hydroxylation sites is 1. The zero-order valence-electron chi connectivity index (χ0n) is 18.0. The molecule has 0 saturated carbocycles. The van der Waals surface area contributed by atoms with Gasteiger partial charge in [0.25, 0.3) is 5.91 Å². The number of hydrogen-bond acceptors (Lipinski definition) is 5. The minimum absolute atomic E-state index is 0.126. The van der Waals surface area contributed by atoms with Gasteiger partial charge in [-0.3, -0.25) is 14.6 Å². The van der Waals surface area contributed by atoms with Gasteiger partial charge in [-0.2, -0.15) is 5.10 Å². The third-order valence-electron chi connectivity index (χ3n) is 4.82. The zero-order chi connectivity index (χ0) is 23.0. The Balaban J connectivity index is 1.31. The van der Waals surface area contributed by atoms with Crippen LogP contribution in [0, 0.1) is 0 Å². The van der Waals surface area contributed by atoms with Crippen LogP contribution < -0.4 is 10.7 Å². The van der Waals surface area contributed by atoms with E-state index in [2.05, 4.69) is 39.0 Å². The van der Waals surface area contributed by atoms with Crippen LogP contribution in [0.1, 0.15) is 28.4 Å². The lowest BCUT2D eigenvalue weighted by molar-refractivity contribution is -0.114. The van der Waals surface area contributed by atoms with Crippen molar-refractivity contribution in [1.82, 2.24) is 10.4 Å². The van der Waals surface area contributed by atoms with Crippen LogP contribution in [-0.4, -0.2) is 23.0 Å². The van der Waals surface area contributed by atoms with Gasteiger partial charge in [0.15, 0.2) is 0 Å². The van der Waals surface area contributed by atoms with Crippen molar-refractivity contribution < 1.29 is 9.59 Å². The standard InChI is InChI=1S/C26H22N4O2S/c1-18(31)29-23-13-9-19(10-14-23)16-28-30-26(32)22-11-7-20(8-12-22)17-33-24-6-2-4-21-5-3-15-27-25(21)24/h2-16H,17H2,1H3,(H,29,31)(H,30,32). The summed E-state index contributed by atoms with van der Waals surface area (Å²) in [5.74, 6) is 0.377. The number of rotatable bonds is 7. The van der Waals surface area contributed by atoms with Gasteiger partial charge in [0.2, 0.25) is 5.91 Å². The lowest BCUT2D eigenvalue weighted by Crippen LogP contribution is -2.17. The maximum Gasteiger partial charge on any atom is 0.271 e. The molecule has 2 N–H and O–H groups in total. The van der Waals surface area contributed by atoms with E-state index in [0.29, 0.717) is 11.3 Å². The van der Waals surface area contributed by atoms with Crippen LogP contribution in [0.5, 0.6) is 0 Å². The molecule has 1 aromatic heterocycles. The number of amides is 2. The maximum absolute atomic E-state index is 12.4. The first-order valence-electron chi connectivity index (χ1n) is 10.3. The summed E-state index contributed by atoms with van der Waals surface area (Å²) >= 11 is 1.72. The molecule has 0 aliphatic heterocycles. The van der Waals surface area contributed by atoms with Crippen molar-refractivity contribution in [2.24, 2.45) is 5.10 Å². The van der Waals surface area contributed by atoms with Gasteiger partial charge in [0.05, 0.1) is 11.7 Å². The number of nitrogens with one attached hydrogen (secondary N) is 2. The summed E-state index contributed by atoms with van der Waals surface area (Å²) in [5.41, 5.74) is 6.71. The fourth-order valence-corrected chi connectivity index (χ4v) is 4.19. The number of aromatic nitrogens is 1. The Morgan fingerprint density at radius 2 is 1.73 bits per heavy atom. The summed E-state index contributed by atoms with van der Waals surface area (Å²) in [6, 6.07) is 24.8. The fraction of sp³-hybridized carbons (Fsp3) is 0.0769. The summed E-state index contributed by atoms with van der Waals surface area (Å²) in [6.45, 7) is 1.46. The van der Waals surface area contributed by atoms with Crippen molar-refractivity contribution in [2.45, 2.75) is 17.6 Å². The van der Waals surface area contributed by atoms with Crippen molar-refractivity contribution in [3.63, 3.8) is 0 Å². The Morgan fingerprint density at radius 3 is 2.48 bits per heavy atom. The third-order valence-corrected chi connectivity index (χ3v) is 5.94. The third kappa shape index (κ3) is 6.05. The van der Waals surface area contributed by atoms with Crippen LogP contribution in [0.4, 0.5) is 5.69 Å². The number of anilines is 1. The molecule has 0 spiro atoms. The number of fused-ring (bicyclic) bond motifs is 1. The van der Waals surface area contributed by atoms with E-state index in [4.69, 9.17) is 0 Å². The molecule has 4 rings (SSSR count). The van der Waals surface area contributed by atoms with Gasteiger partial charge in [0.1, 0.15) is 0 Å². The van der Waals surface area contributed by atoms with Crippen molar-refractivity contribution in [3.05, 3.63) is 102 Å². The second-order valence-electron chi connectivity index (χ2n) is 7.32. The molecule has 33 heavy (non-hydrogen) atoms. The average Bonchev–Trinajstić information content (AvgIpc) is 2.83. The lowest BCUT2D eigenvalue weighted by atomic mass is 10.1. The van der Waals surface area contributed by atoms with Gasteiger partial charge < -0.3 is 5.32 Å². The molecule has 0 aliphatic rings. The van der Waals surface area contributed by atoms with E-state index in [-0.39, 0.29) is 11.8 Å². The second kappa shape index (κ2) is 10.6. The number of carbonyl (C=O) groups is 2. The Morgan fingerprint density at radius 1 is 0.970 bits per heavy atom. The van der Waals surface area contributed by atoms with E-state index in [1.54, 1.807) is 54.4 Å². The van der Waals surface area contributed by atoms with Gasteiger partial charge in [-0.15, -0.1) is 11.8 Å². The fourth-order valence-electron chi connectivity index (χ4n) is 3.19. The van der Waals surface area contributed by atoms with E-state index in [1.807, 2.05) is 30.5 Å². The van der Waals surface area contributed by atoms with Crippen LogP contribution in [-0.2, 0) is 10.5 Å². The Bertz CT molecular complexity index is 1300. The molecular formula is C26H22N4O2S. The summed E-state index contributed by atoms with van der Waals surface area (Å²) in [6.07, 6.45) is 3.36. The number of carbonyl (C=O) groups excluding carboxylic acids is 2. The number of benzene rings is 3. The van der Waals surface area contributed by atoms with Gasteiger partial charge in [-0.25, -0.2) is 5.43 Å². The molecule has 0 fully saturated rings. The number of thioether (sulfide) groups is 1. The van der Waals surface area contributed by atoms with Crippen LogP contribution in [0.2, 0.25) is 0 Å². The molecule has 0 saturated heterocycles. The maximum atomic E-state index is 12.4. The van der Waals surface area contributed by atoms with E-state index in [1.165, 1.54) is 6.92 Å². The molecule has 6 nitrogen and oxygen atoms in total. The Labute approximate surface area is 196 Å². The zero-order valence-corrected chi connectivity index (χ0v) is 18.8. The van der Waals surface area contributed by atoms with E-state index >= 15 is 0 Å². The highest BCUT2D eigenvalue weighted by Crippen LogP contribution is 2.28. The minimum atomic E-state index is -0.279. The Hall–Kier alpha value is -3.97. The van der Waals surface area contributed by atoms with Crippen LogP contribution >= 0.6 is 11.8 Å². The molecule has 4 aromatic rings. The molecule has 164 valence electrons. The number of nitrogens with zero attached hydrogens (tertiary/aromatic N) is 2. The molecule has 1 heterocycles. The largest absolute Gasteiger partial charge is 0.326 e. The first-order valence-corrected chi connectivity index (χ1v) is 11.3. The second-order valence-corrected chi connectivity index (χ2v) is 8.34. The molecular weight excluding hydrogens is 432 g/mol. The SMILES string of the molecule is CC(=O)Nc1ccc(C=NNC(=O)c2ccc(CSc3cccc4cccnc34)cc2)cc1. The van der Waals surface area contributed by atoms with E-state index in [9.17, 15) is 9.59 Å². The van der Waals surface area contributed by atoms with Crippen molar-refractivity contribution >= 4 is 46.4 Å². The summed E-state index contributed by atoms with van der Waals surface area (Å²) in [4.78, 5) is 29.0. The predicted octanol–water partition coefficient (Wildman–Crippen LogP) is 5.25. The van der Waals surface area contributed by atoms with Crippen molar-refractivity contribution in [2.75, 3.05) is 5.32 Å². The summed E-state index contributed by atoms with van der Waals surface area (Å²) in [5, 5.41) is 7.84. The molecule has 3 aromatic carbocycles. The highest BCUT2D eigenvalue weighted by molar-refractivity contribution is 7.98. The summed E-state index contributed by atoms with van der Waals surface area (Å²) in [7, 11) is 0. The lowest BCUT2D eigenvalue weighted by Gasteiger charge is -2.06. The smallest absolute Gasteiger partial charge is 0.271 e. The average molecular weight is 455 g/mol. The highest BCUT2D eigenvalue weighted by atomic mass is 32.2. The topological polar surface area (TPSA) is 83.5 Å². The number of hydrazone groups is 1. The van der Waals surface area contributed by atoms with Gasteiger partial charge in [-0.1, -0.05) is 42.5 Å². The van der Waals surface area contributed by atoms with Gasteiger partial charge in [-0.05, 0) is 47.5 Å². The molecule has 0 radical (unpaired) electrons. The molecule has 2 amide bonds. The monoisotopic (exact) mass is 454 g/mol. The summed E-state index contributed by atoms with van der Waals surface area (Å²) < 4.78 is 0. The first kappa shape index (κ1) is 22.2. The normalized spacial score (nSPS) is 10.9.